The number of halogens is 1. The molecule has 3 aromatic rings. The van der Waals surface area contributed by atoms with Crippen LogP contribution in [0.25, 0.3) is 11.3 Å². The van der Waals surface area contributed by atoms with E-state index in [4.69, 9.17) is 25.8 Å². The van der Waals surface area contributed by atoms with Crippen molar-refractivity contribution in [3.63, 3.8) is 0 Å². The zero-order valence-electron chi connectivity index (χ0n) is 16.5. The lowest BCUT2D eigenvalue weighted by atomic mass is 10.1. The SMILES string of the molecule is CCOC(=O)c1sc(NC(=O)c2cc(Cl)c(OC)c(OC)c2)nc1-c1ccccc1. The molecule has 0 saturated heterocycles. The number of methoxy groups -OCH3 is 2. The molecule has 0 unspecified atom stereocenters. The number of carbonyl (C=O) groups excluding carboxylic acids is 2. The van der Waals surface area contributed by atoms with Crippen molar-refractivity contribution in [1.82, 2.24) is 4.98 Å². The molecule has 156 valence electrons. The van der Waals surface area contributed by atoms with Crippen molar-refractivity contribution in [3.8, 4) is 22.8 Å². The van der Waals surface area contributed by atoms with Gasteiger partial charge in [0.15, 0.2) is 16.6 Å². The van der Waals surface area contributed by atoms with Crippen molar-refractivity contribution >= 4 is 39.9 Å². The van der Waals surface area contributed by atoms with Crippen LogP contribution in [0.15, 0.2) is 42.5 Å². The minimum absolute atomic E-state index is 0.233. The van der Waals surface area contributed by atoms with E-state index in [1.807, 2.05) is 30.3 Å². The Morgan fingerprint density at radius 1 is 1.13 bits per heavy atom. The second-order valence-electron chi connectivity index (χ2n) is 5.93. The molecule has 7 nitrogen and oxygen atoms in total. The quantitative estimate of drug-likeness (QED) is 0.519. The zero-order chi connectivity index (χ0) is 21.7. The molecule has 0 fully saturated rings. The first-order valence-electron chi connectivity index (χ1n) is 8.94. The Kier molecular flexibility index (Phi) is 6.91. The minimum atomic E-state index is -0.497. The van der Waals surface area contributed by atoms with Gasteiger partial charge in [0.25, 0.3) is 5.91 Å². The van der Waals surface area contributed by atoms with E-state index in [0.717, 1.165) is 16.9 Å². The predicted molar refractivity (Wildman–Crippen MR) is 116 cm³/mol. The molecule has 0 radical (unpaired) electrons. The number of rotatable bonds is 7. The Morgan fingerprint density at radius 3 is 2.50 bits per heavy atom. The smallest absolute Gasteiger partial charge is 0.350 e. The van der Waals surface area contributed by atoms with Gasteiger partial charge in [-0.15, -0.1) is 0 Å². The summed E-state index contributed by atoms with van der Waals surface area (Å²) in [5.41, 5.74) is 1.44. The molecule has 2 aromatic carbocycles. The first-order valence-corrected chi connectivity index (χ1v) is 10.1. The number of nitrogens with zero attached hydrogens (tertiary/aromatic N) is 1. The largest absolute Gasteiger partial charge is 0.493 e. The first-order chi connectivity index (χ1) is 14.5. The van der Waals surface area contributed by atoms with Crippen LogP contribution in [0.1, 0.15) is 27.0 Å². The summed E-state index contributed by atoms with van der Waals surface area (Å²) in [6.07, 6.45) is 0. The lowest BCUT2D eigenvalue weighted by molar-refractivity contribution is 0.0532. The normalized spacial score (nSPS) is 10.4. The highest BCUT2D eigenvalue weighted by Crippen LogP contribution is 2.37. The zero-order valence-corrected chi connectivity index (χ0v) is 18.1. The fourth-order valence-electron chi connectivity index (χ4n) is 2.72. The van der Waals surface area contributed by atoms with Gasteiger partial charge in [0.2, 0.25) is 0 Å². The molecule has 0 aliphatic carbocycles. The molecule has 0 aliphatic rings. The fourth-order valence-corrected chi connectivity index (χ4v) is 3.88. The molecular weight excluding hydrogens is 428 g/mol. The summed E-state index contributed by atoms with van der Waals surface area (Å²) in [6.45, 7) is 1.96. The van der Waals surface area contributed by atoms with E-state index >= 15 is 0 Å². The van der Waals surface area contributed by atoms with Gasteiger partial charge in [0, 0.05) is 11.1 Å². The van der Waals surface area contributed by atoms with E-state index in [1.54, 1.807) is 6.92 Å². The third-order valence-electron chi connectivity index (χ3n) is 4.05. The number of hydrogen-bond donors (Lipinski definition) is 1. The van der Waals surface area contributed by atoms with E-state index in [2.05, 4.69) is 10.3 Å². The van der Waals surface area contributed by atoms with Crippen LogP contribution in [0, 0.1) is 0 Å². The molecule has 3 rings (SSSR count). The number of amides is 1. The maximum Gasteiger partial charge on any atom is 0.350 e. The second-order valence-corrected chi connectivity index (χ2v) is 7.34. The van der Waals surface area contributed by atoms with Crippen molar-refractivity contribution in [2.45, 2.75) is 6.92 Å². The van der Waals surface area contributed by atoms with Gasteiger partial charge in [-0.05, 0) is 19.1 Å². The average molecular weight is 447 g/mol. The number of benzene rings is 2. The summed E-state index contributed by atoms with van der Waals surface area (Å²) in [5, 5.41) is 3.20. The fraction of sp³-hybridized carbons (Fsp3) is 0.190. The molecule has 1 N–H and O–H groups in total. The van der Waals surface area contributed by atoms with Crippen molar-refractivity contribution < 1.29 is 23.8 Å². The standard InChI is InChI=1S/C21H19ClN2O5S/c1-4-29-20(26)18-16(12-8-6-5-7-9-12)23-21(30-18)24-19(25)13-10-14(22)17(28-3)15(11-13)27-2/h5-11H,4H2,1-3H3,(H,23,24,25). The van der Waals surface area contributed by atoms with Gasteiger partial charge < -0.3 is 14.2 Å². The van der Waals surface area contributed by atoms with Crippen LogP contribution in [0.4, 0.5) is 5.13 Å². The topological polar surface area (TPSA) is 86.8 Å². The number of anilines is 1. The maximum atomic E-state index is 12.8. The molecule has 30 heavy (non-hydrogen) atoms. The highest BCUT2D eigenvalue weighted by molar-refractivity contribution is 7.18. The third kappa shape index (κ3) is 4.55. The molecule has 0 saturated carbocycles. The molecule has 0 aliphatic heterocycles. The first kappa shape index (κ1) is 21.6. The van der Waals surface area contributed by atoms with Crippen LogP contribution < -0.4 is 14.8 Å². The molecule has 0 spiro atoms. The Labute approximate surface area is 182 Å². The summed E-state index contributed by atoms with van der Waals surface area (Å²) in [4.78, 5) is 29.9. The number of thiazole rings is 1. The van der Waals surface area contributed by atoms with Crippen LogP contribution >= 0.6 is 22.9 Å². The predicted octanol–water partition coefficient (Wildman–Crippen LogP) is 4.91. The van der Waals surface area contributed by atoms with E-state index in [1.165, 1.54) is 26.4 Å². The average Bonchev–Trinajstić information content (AvgIpc) is 3.17. The van der Waals surface area contributed by atoms with Gasteiger partial charge in [-0.2, -0.15) is 0 Å². The van der Waals surface area contributed by atoms with E-state index < -0.39 is 11.9 Å². The van der Waals surface area contributed by atoms with Crippen LogP contribution in [-0.2, 0) is 4.74 Å². The molecule has 1 aromatic heterocycles. The summed E-state index contributed by atoms with van der Waals surface area (Å²) >= 11 is 7.23. The van der Waals surface area contributed by atoms with Gasteiger partial charge in [-0.3, -0.25) is 10.1 Å². The van der Waals surface area contributed by atoms with Gasteiger partial charge in [0.1, 0.15) is 4.88 Å². The van der Waals surface area contributed by atoms with Crippen molar-refractivity contribution in [3.05, 3.63) is 57.9 Å². The monoisotopic (exact) mass is 446 g/mol. The van der Waals surface area contributed by atoms with E-state index in [-0.39, 0.29) is 22.3 Å². The highest BCUT2D eigenvalue weighted by atomic mass is 35.5. The summed E-state index contributed by atoms with van der Waals surface area (Å²) in [6, 6.07) is 12.2. The second kappa shape index (κ2) is 9.60. The van der Waals surface area contributed by atoms with Crippen LogP contribution in [0.3, 0.4) is 0 Å². The Bertz CT molecular complexity index is 1070. The van der Waals surface area contributed by atoms with Crippen molar-refractivity contribution in [2.24, 2.45) is 0 Å². The van der Waals surface area contributed by atoms with Gasteiger partial charge >= 0.3 is 5.97 Å². The van der Waals surface area contributed by atoms with Crippen molar-refractivity contribution in [2.75, 3.05) is 26.1 Å². The van der Waals surface area contributed by atoms with Crippen molar-refractivity contribution in [1.29, 1.82) is 0 Å². The maximum absolute atomic E-state index is 12.8. The van der Waals surface area contributed by atoms with E-state index in [9.17, 15) is 9.59 Å². The van der Waals surface area contributed by atoms with Gasteiger partial charge in [0.05, 0.1) is 31.5 Å². The summed E-state index contributed by atoms with van der Waals surface area (Å²) in [5.74, 6) is -0.294. The third-order valence-corrected chi connectivity index (χ3v) is 5.28. The van der Waals surface area contributed by atoms with Crippen LogP contribution in [0.5, 0.6) is 11.5 Å². The molecule has 9 heteroatoms. The lowest BCUT2D eigenvalue weighted by Crippen LogP contribution is -2.12. The molecule has 0 atom stereocenters. The number of esters is 1. The summed E-state index contributed by atoms with van der Waals surface area (Å²) < 4.78 is 15.6. The number of aromatic nitrogens is 1. The Balaban J connectivity index is 1.94. The van der Waals surface area contributed by atoms with E-state index in [0.29, 0.717) is 22.1 Å². The molecular formula is C21H19ClN2O5S. The molecule has 1 heterocycles. The number of nitrogens with one attached hydrogen (secondary N) is 1. The lowest BCUT2D eigenvalue weighted by Gasteiger charge is -2.11. The van der Waals surface area contributed by atoms with Gasteiger partial charge in [-0.25, -0.2) is 9.78 Å². The summed E-state index contributed by atoms with van der Waals surface area (Å²) in [7, 11) is 2.91. The highest BCUT2D eigenvalue weighted by Gasteiger charge is 2.22. The van der Waals surface area contributed by atoms with Gasteiger partial charge in [-0.1, -0.05) is 53.3 Å². The minimum Gasteiger partial charge on any atom is -0.493 e. The number of hydrogen-bond acceptors (Lipinski definition) is 7. The number of carbonyl (C=O) groups is 2. The molecule has 0 bridgehead atoms. The number of ether oxygens (including phenoxy) is 3. The van der Waals surface area contributed by atoms with Crippen LogP contribution in [0.2, 0.25) is 5.02 Å². The molecule has 1 amide bonds. The van der Waals surface area contributed by atoms with Crippen LogP contribution in [-0.4, -0.2) is 37.7 Å². The Hall–Kier alpha value is -3.10. The Morgan fingerprint density at radius 2 is 1.87 bits per heavy atom.